The third kappa shape index (κ3) is 4.10. The van der Waals surface area contributed by atoms with Crippen molar-refractivity contribution in [1.82, 2.24) is 5.32 Å². The summed E-state index contributed by atoms with van der Waals surface area (Å²) in [6.07, 6.45) is 0.00840. The summed E-state index contributed by atoms with van der Waals surface area (Å²) in [7, 11) is 0. The van der Waals surface area contributed by atoms with Gasteiger partial charge in [0.05, 0.1) is 12.1 Å². The van der Waals surface area contributed by atoms with E-state index in [4.69, 9.17) is 4.74 Å². The average molecular weight is 402 g/mol. The maximum atomic E-state index is 12.6. The zero-order valence-corrected chi connectivity index (χ0v) is 17.4. The zero-order chi connectivity index (χ0) is 21.1. The molecule has 0 aliphatic heterocycles. The SMILES string of the molecule is Cc1ccc(CC(C)(CO)NC(=O)OCC2c3ccccc3-c3ccccc32)cc1. The van der Waals surface area contributed by atoms with Crippen LogP contribution in [0.15, 0.2) is 72.8 Å². The molecule has 1 aliphatic rings. The molecule has 0 radical (unpaired) electrons. The van der Waals surface area contributed by atoms with Crippen molar-refractivity contribution in [2.75, 3.05) is 13.2 Å². The van der Waals surface area contributed by atoms with Crippen molar-refractivity contribution < 1.29 is 14.6 Å². The third-order valence-corrected chi connectivity index (χ3v) is 5.81. The van der Waals surface area contributed by atoms with Gasteiger partial charge in [-0.15, -0.1) is 0 Å². The van der Waals surface area contributed by atoms with E-state index in [1.807, 2.05) is 62.4 Å². The summed E-state index contributed by atoms with van der Waals surface area (Å²) in [5.41, 5.74) is 6.18. The van der Waals surface area contributed by atoms with Gasteiger partial charge in [0, 0.05) is 5.92 Å². The molecule has 0 fully saturated rings. The molecule has 4 nitrogen and oxygen atoms in total. The zero-order valence-electron chi connectivity index (χ0n) is 17.4. The Hall–Kier alpha value is -3.11. The Bertz CT molecular complexity index is 999. The maximum absolute atomic E-state index is 12.6. The highest BCUT2D eigenvalue weighted by Crippen LogP contribution is 2.44. The lowest BCUT2D eigenvalue weighted by molar-refractivity contribution is 0.114. The Kier molecular flexibility index (Phi) is 5.60. The number of aliphatic hydroxyl groups excluding tert-OH is 1. The van der Waals surface area contributed by atoms with E-state index in [9.17, 15) is 9.90 Å². The summed E-state index contributed by atoms with van der Waals surface area (Å²) in [5.74, 6) is 0.0145. The number of carbonyl (C=O) groups is 1. The normalized spacial score (nSPS) is 14.5. The molecule has 0 heterocycles. The lowest BCUT2D eigenvalue weighted by atomic mass is 9.93. The van der Waals surface area contributed by atoms with E-state index in [0.29, 0.717) is 6.42 Å². The number of aryl methyl sites for hydroxylation is 1. The molecule has 1 aliphatic carbocycles. The molecule has 4 heteroatoms. The van der Waals surface area contributed by atoms with Crippen LogP contribution in [0.25, 0.3) is 11.1 Å². The molecule has 30 heavy (non-hydrogen) atoms. The van der Waals surface area contributed by atoms with Gasteiger partial charge in [-0.3, -0.25) is 0 Å². The van der Waals surface area contributed by atoms with Crippen LogP contribution in [0.3, 0.4) is 0 Å². The van der Waals surface area contributed by atoms with Gasteiger partial charge in [-0.25, -0.2) is 4.79 Å². The maximum Gasteiger partial charge on any atom is 0.407 e. The lowest BCUT2D eigenvalue weighted by Crippen LogP contribution is -2.51. The second-order valence-corrected chi connectivity index (χ2v) is 8.33. The first-order valence-electron chi connectivity index (χ1n) is 10.3. The number of hydrogen-bond donors (Lipinski definition) is 2. The molecule has 0 spiro atoms. The van der Waals surface area contributed by atoms with Crippen LogP contribution in [-0.4, -0.2) is 30.0 Å². The molecule has 0 aromatic heterocycles. The number of fused-ring (bicyclic) bond motifs is 3. The molecular formula is C26H27NO3. The molecular weight excluding hydrogens is 374 g/mol. The smallest absolute Gasteiger partial charge is 0.407 e. The summed E-state index contributed by atoms with van der Waals surface area (Å²) in [6.45, 7) is 3.94. The quantitative estimate of drug-likeness (QED) is 0.622. The first kappa shape index (κ1) is 20.2. The van der Waals surface area contributed by atoms with Crippen LogP contribution >= 0.6 is 0 Å². The van der Waals surface area contributed by atoms with Gasteiger partial charge in [0.1, 0.15) is 6.61 Å². The van der Waals surface area contributed by atoms with Crippen LogP contribution in [-0.2, 0) is 11.2 Å². The van der Waals surface area contributed by atoms with E-state index in [1.165, 1.54) is 27.8 Å². The lowest BCUT2D eigenvalue weighted by Gasteiger charge is -2.29. The van der Waals surface area contributed by atoms with Gasteiger partial charge in [-0.1, -0.05) is 78.4 Å². The highest BCUT2D eigenvalue weighted by molar-refractivity contribution is 5.79. The predicted molar refractivity (Wildman–Crippen MR) is 119 cm³/mol. The minimum absolute atomic E-state index is 0.0145. The van der Waals surface area contributed by atoms with Gasteiger partial charge in [0.2, 0.25) is 0 Å². The number of amides is 1. The Balaban J connectivity index is 1.43. The van der Waals surface area contributed by atoms with Crippen molar-refractivity contribution in [1.29, 1.82) is 0 Å². The van der Waals surface area contributed by atoms with Crippen LogP contribution in [0.4, 0.5) is 4.79 Å². The monoisotopic (exact) mass is 401 g/mol. The second kappa shape index (κ2) is 8.33. The second-order valence-electron chi connectivity index (χ2n) is 8.33. The summed E-state index contributed by atoms with van der Waals surface area (Å²) in [6, 6.07) is 24.6. The van der Waals surface area contributed by atoms with Crippen molar-refractivity contribution in [3.05, 3.63) is 95.1 Å². The van der Waals surface area contributed by atoms with Crippen LogP contribution < -0.4 is 5.32 Å². The van der Waals surface area contributed by atoms with E-state index in [2.05, 4.69) is 29.6 Å². The average Bonchev–Trinajstić information content (AvgIpc) is 3.08. The summed E-state index contributed by atoms with van der Waals surface area (Å²) >= 11 is 0. The van der Waals surface area contributed by atoms with Gasteiger partial charge >= 0.3 is 6.09 Å². The van der Waals surface area contributed by atoms with Crippen LogP contribution in [0, 0.1) is 6.92 Å². The number of rotatable bonds is 6. The highest BCUT2D eigenvalue weighted by Gasteiger charge is 2.31. The van der Waals surface area contributed by atoms with Crippen molar-refractivity contribution >= 4 is 6.09 Å². The van der Waals surface area contributed by atoms with E-state index >= 15 is 0 Å². The molecule has 154 valence electrons. The van der Waals surface area contributed by atoms with Gasteiger partial charge in [0.25, 0.3) is 0 Å². The first-order valence-corrected chi connectivity index (χ1v) is 10.3. The number of ether oxygens (including phenoxy) is 1. The Morgan fingerprint density at radius 2 is 1.53 bits per heavy atom. The van der Waals surface area contributed by atoms with E-state index < -0.39 is 11.6 Å². The Morgan fingerprint density at radius 3 is 2.10 bits per heavy atom. The first-order chi connectivity index (χ1) is 14.5. The van der Waals surface area contributed by atoms with Gasteiger partial charge < -0.3 is 15.2 Å². The molecule has 1 amide bonds. The molecule has 2 N–H and O–H groups in total. The molecule has 0 bridgehead atoms. The fraction of sp³-hybridized carbons (Fsp3) is 0.269. The molecule has 1 atom stereocenters. The molecule has 1 unspecified atom stereocenters. The van der Waals surface area contributed by atoms with Crippen LogP contribution in [0.1, 0.15) is 35.1 Å². The van der Waals surface area contributed by atoms with Crippen molar-refractivity contribution in [2.24, 2.45) is 0 Å². The van der Waals surface area contributed by atoms with Crippen LogP contribution in [0.5, 0.6) is 0 Å². The van der Waals surface area contributed by atoms with Crippen LogP contribution in [0.2, 0.25) is 0 Å². The van der Waals surface area contributed by atoms with Crippen molar-refractivity contribution in [3.8, 4) is 11.1 Å². The number of aliphatic hydroxyl groups is 1. The number of nitrogens with one attached hydrogen (secondary N) is 1. The Morgan fingerprint density at radius 1 is 0.967 bits per heavy atom. The fourth-order valence-corrected chi connectivity index (χ4v) is 4.18. The fourth-order valence-electron chi connectivity index (χ4n) is 4.18. The molecule has 3 aromatic rings. The summed E-state index contributed by atoms with van der Waals surface area (Å²) in [4.78, 5) is 12.6. The minimum atomic E-state index is -0.794. The topological polar surface area (TPSA) is 58.6 Å². The Labute approximate surface area is 177 Å². The van der Waals surface area contributed by atoms with Gasteiger partial charge in [-0.05, 0) is 48.1 Å². The third-order valence-electron chi connectivity index (χ3n) is 5.81. The van der Waals surface area contributed by atoms with E-state index in [1.54, 1.807) is 0 Å². The molecule has 3 aromatic carbocycles. The standard InChI is InChI=1S/C26H27NO3/c1-18-11-13-19(14-12-18)15-26(2,17-28)27-25(29)30-16-24-22-9-5-3-7-20(22)21-8-4-6-10-23(21)24/h3-14,24,28H,15-17H2,1-2H3,(H,27,29). The number of alkyl carbamates (subject to hydrolysis) is 1. The van der Waals surface area contributed by atoms with Gasteiger partial charge in [0.15, 0.2) is 0 Å². The van der Waals surface area contributed by atoms with Crippen molar-refractivity contribution in [3.63, 3.8) is 0 Å². The van der Waals surface area contributed by atoms with Gasteiger partial charge in [-0.2, -0.15) is 0 Å². The predicted octanol–water partition coefficient (Wildman–Crippen LogP) is 4.83. The van der Waals surface area contributed by atoms with Crippen molar-refractivity contribution in [2.45, 2.75) is 31.7 Å². The molecule has 0 saturated heterocycles. The summed E-state index contributed by atoms with van der Waals surface area (Å²) < 4.78 is 5.63. The molecule has 4 rings (SSSR count). The number of carbonyl (C=O) groups excluding carboxylic acids is 1. The highest BCUT2D eigenvalue weighted by atomic mass is 16.5. The minimum Gasteiger partial charge on any atom is -0.449 e. The van der Waals surface area contributed by atoms with E-state index in [-0.39, 0.29) is 19.1 Å². The van der Waals surface area contributed by atoms with E-state index in [0.717, 1.165) is 5.56 Å². The summed E-state index contributed by atoms with van der Waals surface area (Å²) in [5, 5.41) is 12.8. The molecule has 0 saturated carbocycles. The number of benzene rings is 3. The number of hydrogen-bond acceptors (Lipinski definition) is 3. The largest absolute Gasteiger partial charge is 0.449 e.